The molecule has 0 amide bonds. The van der Waals surface area contributed by atoms with E-state index in [2.05, 4.69) is 45.0 Å². The number of ether oxygens (including phenoxy) is 2. The van der Waals surface area contributed by atoms with E-state index in [4.69, 9.17) is 18.7 Å². The molecular weight excluding hydrogens is 522 g/mol. The summed E-state index contributed by atoms with van der Waals surface area (Å²) in [6.45, 7) is 9.05. The Kier molecular flexibility index (Phi) is 8.23. The topological polar surface area (TPSA) is 74.3 Å². The maximum atomic E-state index is 13.3. The Morgan fingerprint density at radius 1 is 0.900 bits per heavy atom. The highest BCUT2D eigenvalue weighted by atomic mass is 28.4. The van der Waals surface area contributed by atoms with Crippen molar-refractivity contribution in [2.24, 2.45) is 5.92 Å². The highest BCUT2D eigenvalue weighted by Gasteiger charge is 2.61. The smallest absolute Gasteiger partial charge is 0.326 e. The quantitative estimate of drug-likeness (QED) is 0.291. The third-order valence-corrected chi connectivity index (χ3v) is 12.8. The summed E-state index contributed by atoms with van der Waals surface area (Å²) in [5.74, 6) is -1.75. The van der Waals surface area contributed by atoms with Gasteiger partial charge in [0.05, 0.1) is 19.8 Å². The normalized spacial score (nSPS) is 23.1. The fraction of sp³-hybridized carbons (Fsp3) is 0.375. The van der Waals surface area contributed by atoms with Crippen molar-refractivity contribution in [3.8, 4) is 0 Å². The van der Waals surface area contributed by atoms with Crippen LogP contribution in [0, 0.1) is 5.92 Å². The first-order valence-corrected chi connectivity index (χ1v) is 15.8. The third-order valence-electron chi connectivity index (χ3n) is 7.76. The second kappa shape index (κ2) is 11.7. The molecule has 2 aliphatic heterocycles. The molecule has 0 spiro atoms. The molecule has 0 aliphatic carbocycles. The van der Waals surface area contributed by atoms with Gasteiger partial charge in [-0.05, 0) is 27.9 Å². The maximum Gasteiger partial charge on any atom is 0.326 e. The predicted molar refractivity (Wildman–Crippen MR) is 154 cm³/mol. The van der Waals surface area contributed by atoms with Gasteiger partial charge in [0.15, 0.2) is 6.10 Å². The summed E-state index contributed by atoms with van der Waals surface area (Å²) in [5, 5.41) is 3.62. The number of rotatable bonds is 9. The molecule has 2 heterocycles. The van der Waals surface area contributed by atoms with E-state index in [-0.39, 0.29) is 18.3 Å². The van der Waals surface area contributed by atoms with Gasteiger partial charge in [-0.25, -0.2) is 0 Å². The van der Waals surface area contributed by atoms with Crippen LogP contribution < -0.4 is 10.4 Å². The Labute approximate surface area is 237 Å². The van der Waals surface area contributed by atoms with Crippen LogP contribution in [0.5, 0.6) is 0 Å². The standard InChI is InChI=1S/C32H37NO6Si/c1-5-36-31(35)28-27-29(39-33(28)21-23-15-9-6-10-16-23)26(38-30(27)34)22-37-40(32(2,3)4,24-17-11-7-12-18-24)25-19-13-8-14-20-25/h6-20,26-29H,5,21-22H2,1-4H3/t26-,27-,28-,29-/m1/s1. The van der Waals surface area contributed by atoms with Crippen molar-refractivity contribution in [2.75, 3.05) is 13.2 Å². The molecule has 4 atom stereocenters. The average molecular weight is 560 g/mol. The zero-order valence-corrected chi connectivity index (χ0v) is 24.5. The van der Waals surface area contributed by atoms with E-state index in [1.165, 1.54) is 0 Å². The Morgan fingerprint density at radius 3 is 1.98 bits per heavy atom. The van der Waals surface area contributed by atoms with Crippen molar-refractivity contribution in [1.29, 1.82) is 0 Å². The Morgan fingerprint density at radius 2 is 1.45 bits per heavy atom. The van der Waals surface area contributed by atoms with Gasteiger partial charge in [-0.15, -0.1) is 0 Å². The number of esters is 2. The first-order valence-electron chi connectivity index (χ1n) is 13.9. The monoisotopic (exact) mass is 559 g/mol. The molecule has 0 N–H and O–H groups in total. The lowest BCUT2D eigenvalue weighted by Gasteiger charge is -2.43. The number of nitrogens with zero attached hydrogens (tertiary/aromatic N) is 1. The first-order chi connectivity index (χ1) is 19.3. The molecule has 0 saturated carbocycles. The molecule has 8 heteroatoms. The van der Waals surface area contributed by atoms with Crippen LogP contribution in [-0.4, -0.2) is 56.8 Å². The zero-order valence-electron chi connectivity index (χ0n) is 23.5. The van der Waals surface area contributed by atoms with Gasteiger partial charge in [-0.3, -0.25) is 14.4 Å². The minimum absolute atomic E-state index is 0.148. The van der Waals surface area contributed by atoms with E-state index in [0.29, 0.717) is 6.54 Å². The summed E-state index contributed by atoms with van der Waals surface area (Å²) in [7, 11) is -2.86. The van der Waals surface area contributed by atoms with Gasteiger partial charge in [0, 0.05) is 0 Å². The molecular formula is C32H37NO6Si. The van der Waals surface area contributed by atoms with Crippen molar-refractivity contribution in [3.63, 3.8) is 0 Å². The van der Waals surface area contributed by atoms with Gasteiger partial charge in [0.25, 0.3) is 8.32 Å². The van der Waals surface area contributed by atoms with E-state index >= 15 is 0 Å². The van der Waals surface area contributed by atoms with Gasteiger partial charge in [-0.1, -0.05) is 112 Å². The number of fused-ring (bicyclic) bond motifs is 1. The zero-order chi connectivity index (χ0) is 28.3. The molecule has 0 unspecified atom stereocenters. The van der Waals surface area contributed by atoms with Gasteiger partial charge >= 0.3 is 11.9 Å². The predicted octanol–water partition coefficient (Wildman–Crippen LogP) is 3.85. The van der Waals surface area contributed by atoms with Crippen molar-refractivity contribution < 1.29 is 28.3 Å². The number of benzene rings is 3. The van der Waals surface area contributed by atoms with Crippen molar-refractivity contribution in [2.45, 2.75) is 57.5 Å². The van der Waals surface area contributed by atoms with E-state index in [9.17, 15) is 9.59 Å². The Balaban J connectivity index is 1.46. The van der Waals surface area contributed by atoms with Crippen LogP contribution in [0.2, 0.25) is 5.04 Å². The lowest BCUT2D eigenvalue weighted by atomic mass is 9.94. The lowest BCUT2D eigenvalue weighted by molar-refractivity contribution is -0.204. The van der Waals surface area contributed by atoms with Gasteiger partial charge in [0.2, 0.25) is 0 Å². The highest BCUT2D eigenvalue weighted by molar-refractivity contribution is 6.99. The second-order valence-electron chi connectivity index (χ2n) is 11.3. The van der Waals surface area contributed by atoms with Crippen molar-refractivity contribution >= 4 is 30.6 Å². The van der Waals surface area contributed by atoms with Crippen LogP contribution in [-0.2, 0) is 34.9 Å². The number of cyclic esters (lactones) is 1. The number of hydrogen-bond donors (Lipinski definition) is 0. The number of hydroxylamine groups is 2. The summed E-state index contributed by atoms with van der Waals surface area (Å²) < 4.78 is 18.3. The van der Waals surface area contributed by atoms with Crippen molar-refractivity contribution in [1.82, 2.24) is 5.06 Å². The number of carbonyl (C=O) groups excluding carboxylic acids is 2. The summed E-state index contributed by atoms with van der Waals surface area (Å²) in [4.78, 5) is 32.7. The average Bonchev–Trinajstić information content (AvgIpc) is 3.47. The summed E-state index contributed by atoms with van der Waals surface area (Å²) in [6, 6.07) is 29.5. The molecule has 40 heavy (non-hydrogen) atoms. The summed E-state index contributed by atoms with van der Waals surface area (Å²) in [5.41, 5.74) is 0.963. The molecule has 2 fully saturated rings. The first kappa shape index (κ1) is 28.2. The van der Waals surface area contributed by atoms with E-state index in [1.807, 2.05) is 66.7 Å². The molecule has 210 valence electrons. The van der Waals surface area contributed by atoms with Crippen LogP contribution in [0.3, 0.4) is 0 Å². The Hall–Kier alpha value is -3.30. The number of carbonyl (C=O) groups is 2. The highest BCUT2D eigenvalue weighted by Crippen LogP contribution is 2.41. The molecule has 0 radical (unpaired) electrons. The summed E-state index contributed by atoms with van der Waals surface area (Å²) >= 11 is 0. The molecule has 5 rings (SSSR count). The molecule has 3 aromatic carbocycles. The minimum atomic E-state index is -2.86. The minimum Gasteiger partial charge on any atom is -0.465 e. The van der Waals surface area contributed by atoms with E-state index in [1.54, 1.807) is 12.0 Å². The van der Waals surface area contributed by atoms with Crippen LogP contribution in [0.15, 0.2) is 91.0 Å². The van der Waals surface area contributed by atoms with Gasteiger partial charge < -0.3 is 13.9 Å². The molecule has 2 saturated heterocycles. The van der Waals surface area contributed by atoms with Crippen LogP contribution in [0.1, 0.15) is 33.3 Å². The molecule has 2 aliphatic rings. The van der Waals surface area contributed by atoms with E-state index < -0.39 is 44.4 Å². The van der Waals surface area contributed by atoms with Crippen LogP contribution >= 0.6 is 0 Å². The maximum absolute atomic E-state index is 13.3. The largest absolute Gasteiger partial charge is 0.465 e. The van der Waals surface area contributed by atoms with Crippen LogP contribution in [0.25, 0.3) is 0 Å². The molecule has 0 bridgehead atoms. The Bertz CT molecular complexity index is 1260. The third kappa shape index (κ3) is 5.24. The van der Waals surface area contributed by atoms with Gasteiger partial charge in [-0.2, -0.15) is 5.06 Å². The lowest BCUT2D eigenvalue weighted by Crippen LogP contribution is -2.67. The number of hydrogen-bond acceptors (Lipinski definition) is 7. The fourth-order valence-corrected chi connectivity index (χ4v) is 10.6. The fourth-order valence-electron chi connectivity index (χ4n) is 5.99. The van der Waals surface area contributed by atoms with Crippen molar-refractivity contribution in [3.05, 3.63) is 96.6 Å². The molecule has 7 nitrogen and oxygen atoms in total. The van der Waals surface area contributed by atoms with E-state index in [0.717, 1.165) is 15.9 Å². The molecule has 0 aromatic heterocycles. The van der Waals surface area contributed by atoms with Gasteiger partial charge in [0.1, 0.15) is 18.1 Å². The second-order valence-corrected chi connectivity index (χ2v) is 15.6. The molecule has 3 aromatic rings. The van der Waals surface area contributed by atoms with Crippen LogP contribution in [0.4, 0.5) is 0 Å². The SMILES string of the molecule is CCOC(=O)[C@H]1[C@H]2C(=O)O[C@H](CO[Si](c3ccccc3)(c3ccccc3)C(C)(C)C)[C@H]2ON1Cc1ccccc1. The summed E-state index contributed by atoms with van der Waals surface area (Å²) in [6.07, 6.45) is -1.33.